The van der Waals surface area contributed by atoms with Crippen LogP contribution in [0, 0.1) is 0 Å². The highest BCUT2D eigenvalue weighted by Crippen LogP contribution is 2.44. The number of ether oxygens (including phenoxy) is 2. The molecule has 1 aliphatic rings. The lowest BCUT2D eigenvalue weighted by Crippen LogP contribution is -2.26. The van der Waals surface area contributed by atoms with Crippen LogP contribution in [0.1, 0.15) is 40.9 Å². The second-order valence-electron chi connectivity index (χ2n) is 5.70. The summed E-state index contributed by atoms with van der Waals surface area (Å²) >= 11 is 6.46. The number of carbonyl (C=O) groups excluding carboxylic acids is 2. The predicted octanol–water partition coefficient (Wildman–Crippen LogP) is 2.30. The second-order valence-corrected chi connectivity index (χ2v) is 6.11. The van der Waals surface area contributed by atoms with Gasteiger partial charge in [0, 0.05) is 36.0 Å². The van der Waals surface area contributed by atoms with Crippen LogP contribution in [0.25, 0.3) is 0 Å². The summed E-state index contributed by atoms with van der Waals surface area (Å²) in [5, 5.41) is 12.4. The van der Waals surface area contributed by atoms with Crippen molar-refractivity contribution in [2.24, 2.45) is 0 Å². The topological polar surface area (TPSA) is 105 Å². The largest absolute Gasteiger partial charge is 0.493 e. The molecule has 2 amide bonds. The van der Waals surface area contributed by atoms with Crippen molar-refractivity contribution in [3.63, 3.8) is 0 Å². The Morgan fingerprint density at radius 3 is 2.85 bits per heavy atom. The number of hydrogen-bond acceptors (Lipinski definition) is 5. The van der Waals surface area contributed by atoms with Gasteiger partial charge in [0.25, 0.3) is 5.91 Å². The fourth-order valence-corrected chi connectivity index (χ4v) is 3.35. The third-order valence-electron chi connectivity index (χ3n) is 4.21. The van der Waals surface area contributed by atoms with Crippen molar-refractivity contribution in [3.8, 4) is 11.5 Å². The molecule has 1 unspecified atom stereocenters. The van der Waals surface area contributed by atoms with Crippen molar-refractivity contribution in [1.29, 1.82) is 0 Å². The van der Waals surface area contributed by atoms with Gasteiger partial charge in [0.1, 0.15) is 5.69 Å². The van der Waals surface area contributed by atoms with Crippen LogP contribution in [-0.4, -0.2) is 42.8 Å². The third kappa shape index (κ3) is 3.08. The fraction of sp³-hybridized carbons (Fsp3) is 0.353. The number of methoxy groups -OCH3 is 1. The molecule has 0 saturated heterocycles. The van der Waals surface area contributed by atoms with Crippen LogP contribution in [0.5, 0.6) is 11.5 Å². The van der Waals surface area contributed by atoms with E-state index in [2.05, 4.69) is 20.8 Å². The van der Waals surface area contributed by atoms with Gasteiger partial charge in [0.15, 0.2) is 17.3 Å². The lowest BCUT2D eigenvalue weighted by Gasteiger charge is -2.25. The minimum atomic E-state index is -0.442. The van der Waals surface area contributed by atoms with Crippen molar-refractivity contribution >= 4 is 29.2 Å². The van der Waals surface area contributed by atoms with Gasteiger partial charge in [-0.15, -0.1) is 0 Å². The molecule has 0 saturated carbocycles. The summed E-state index contributed by atoms with van der Waals surface area (Å²) in [6, 6.07) is 3.39. The number of benzene rings is 1. The molecule has 0 aliphatic carbocycles. The smallest absolute Gasteiger partial charge is 0.269 e. The van der Waals surface area contributed by atoms with E-state index in [-0.39, 0.29) is 23.9 Å². The molecule has 1 aliphatic heterocycles. The molecule has 0 spiro atoms. The van der Waals surface area contributed by atoms with E-state index in [0.717, 1.165) is 0 Å². The zero-order chi connectivity index (χ0) is 18.8. The monoisotopic (exact) mass is 378 g/mol. The van der Waals surface area contributed by atoms with Crippen LogP contribution in [0.15, 0.2) is 12.1 Å². The van der Waals surface area contributed by atoms with Gasteiger partial charge in [0.2, 0.25) is 5.91 Å². The number of rotatable bonds is 5. The van der Waals surface area contributed by atoms with Crippen LogP contribution < -0.4 is 20.1 Å². The van der Waals surface area contributed by atoms with Gasteiger partial charge in [0.05, 0.1) is 13.7 Å². The number of halogens is 1. The highest BCUT2D eigenvalue weighted by atomic mass is 35.5. The van der Waals surface area contributed by atoms with Crippen LogP contribution in [0.2, 0.25) is 5.02 Å². The van der Waals surface area contributed by atoms with Crippen LogP contribution in [0.4, 0.5) is 5.82 Å². The van der Waals surface area contributed by atoms with Crippen molar-refractivity contribution in [2.45, 2.75) is 19.3 Å². The Hall–Kier alpha value is -2.74. The minimum absolute atomic E-state index is 0.133. The summed E-state index contributed by atoms with van der Waals surface area (Å²) in [5.41, 5.74) is 1.55. The highest BCUT2D eigenvalue weighted by molar-refractivity contribution is 6.31. The average Bonchev–Trinajstić information content (AvgIpc) is 3.05. The maximum absolute atomic E-state index is 12.2. The van der Waals surface area contributed by atoms with Gasteiger partial charge in [-0.05, 0) is 18.6 Å². The standard InChI is InChI=1S/C17H19ClN4O4/c1-4-26-12-5-8(10(18)7-11(12)25-3)9-6-13(23)20-16-14(9)15(21-22-16)17(24)19-2/h5,7,9H,4,6H2,1-3H3,(H,19,24)(H2,20,21,22,23). The van der Waals surface area contributed by atoms with Crippen molar-refractivity contribution in [2.75, 3.05) is 26.1 Å². The van der Waals surface area contributed by atoms with E-state index in [1.165, 1.54) is 14.2 Å². The summed E-state index contributed by atoms with van der Waals surface area (Å²) in [5.74, 6) is 0.376. The molecule has 9 heteroatoms. The van der Waals surface area contributed by atoms with Gasteiger partial charge in [-0.3, -0.25) is 14.7 Å². The Bertz CT molecular complexity index is 865. The number of carbonyl (C=O) groups is 2. The number of nitrogens with one attached hydrogen (secondary N) is 3. The van der Waals surface area contributed by atoms with E-state index in [1.807, 2.05) is 6.92 Å². The quantitative estimate of drug-likeness (QED) is 0.740. The molecule has 138 valence electrons. The first-order chi connectivity index (χ1) is 12.5. The van der Waals surface area contributed by atoms with Crippen molar-refractivity contribution in [3.05, 3.63) is 34.0 Å². The molecule has 2 aromatic rings. The molecule has 1 atom stereocenters. The van der Waals surface area contributed by atoms with E-state index in [4.69, 9.17) is 21.1 Å². The van der Waals surface area contributed by atoms with E-state index in [9.17, 15) is 9.59 Å². The Morgan fingerprint density at radius 1 is 1.42 bits per heavy atom. The van der Waals surface area contributed by atoms with Gasteiger partial charge in [-0.25, -0.2) is 0 Å². The zero-order valence-corrected chi connectivity index (χ0v) is 15.4. The van der Waals surface area contributed by atoms with E-state index in [1.54, 1.807) is 12.1 Å². The lowest BCUT2D eigenvalue weighted by atomic mass is 9.85. The molecule has 0 bridgehead atoms. The van der Waals surface area contributed by atoms with E-state index in [0.29, 0.717) is 40.1 Å². The number of aromatic amines is 1. The Labute approximate surface area is 155 Å². The van der Waals surface area contributed by atoms with Gasteiger partial charge < -0.3 is 20.1 Å². The van der Waals surface area contributed by atoms with Crippen molar-refractivity contribution in [1.82, 2.24) is 15.5 Å². The van der Waals surface area contributed by atoms with Gasteiger partial charge in [-0.1, -0.05) is 11.6 Å². The number of amides is 2. The maximum Gasteiger partial charge on any atom is 0.269 e. The Morgan fingerprint density at radius 2 is 2.19 bits per heavy atom. The number of anilines is 1. The van der Waals surface area contributed by atoms with E-state index >= 15 is 0 Å². The lowest BCUT2D eigenvalue weighted by molar-refractivity contribution is -0.116. The first-order valence-corrected chi connectivity index (χ1v) is 8.48. The number of hydrogen-bond donors (Lipinski definition) is 3. The first kappa shape index (κ1) is 18.1. The molecule has 0 fully saturated rings. The summed E-state index contributed by atoms with van der Waals surface area (Å²) in [6.07, 6.45) is 0.133. The molecule has 3 rings (SSSR count). The van der Waals surface area contributed by atoms with E-state index < -0.39 is 5.92 Å². The van der Waals surface area contributed by atoms with Crippen LogP contribution in [-0.2, 0) is 4.79 Å². The third-order valence-corrected chi connectivity index (χ3v) is 4.54. The van der Waals surface area contributed by atoms with Crippen LogP contribution in [0.3, 0.4) is 0 Å². The fourth-order valence-electron chi connectivity index (χ4n) is 3.07. The molecule has 1 aromatic carbocycles. The summed E-state index contributed by atoms with van der Waals surface area (Å²) in [7, 11) is 3.05. The minimum Gasteiger partial charge on any atom is -0.493 e. The summed E-state index contributed by atoms with van der Waals surface area (Å²) in [6.45, 7) is 2.31. The van der Waals surface area contributed by atoms with Crippen LogP contribution >= 0.6 is 11.6 Å². The molecule has 1 aromatic heterocycles. The molecule has 2 heterocycles. The predicted molar refractivity (Wildman–Crippen MR) is 96.2 cm³/mol. The second kappa shape index (κ2) is 7.25. The first-order valence-electron chi connectivity index (χ1n) is 8.10. The highest BCUT2D eigenvalue weighted by Gasteiger charge is 2.35. The van der Waals surface area contributed by atoms with Crippen molar-refractivity contribution < 1.29 is 19.1 Å². The zero-order valence-electron chi connectivity index (χ0n) is 14.6. The summed E-state index contributed by atoms with van der Waals surface area (Å²) < 4.78 is 10.9. The van der Waals surface area contributed by atoms with Gasteiger partial charge in [-0.2, -0.15) is 5.10 Å². The molecule has 0 radical (unpaired) electrons. The SMILES string of the molecule is CCOc1cc(C2CC(=O)Nc3n[nH]c(C(=O)NC)c32)c(Cl)cc1OC. The Balaban J connectivity index is 2.16. The number of H-pyrrole nitrogens is 1. The molecule has 3 N–H and O–H groups in total. The molecular weight excluding hydrogens is 360 g/mol. The Kier molecular flexibility index (Phi) is 5.03. The molecular formula is C17H19ClN4O4. The number of aromatic nitrogens is 2. The number of nitrogens with zero attached hydrogens (tertiary/aromatic N) is 1. The molecule has 8 nitrogen and oxygen atoms in total. The molecule has 26 heavy (non-hydrogen) atoms. The number of fused-ring (bicyclic) bond motifs is 1. The normalized spacial score (nSPS) is 15.8. The summed E-state index contributed by atoms with van der Waals surface area (Å²) in [4.78, 5) is 24.3. The average molecular weight is 379 g/mol. The maximum atomic E-state index is 12.2. The van der Waals surface area contributed by atoms with Gasteiger partial charge >= 0.3 is 0 Å².